The summed E-state index contributed by atoms with van der Waals surface area (Å²) in [7, 11) is 0. The smallest absolute Gasteiger partial charge is 0.263 e. The highest BCUT2D eigenvalue weighted by atomic mass is 16.5. The average molecular weight is 341 g/mol. The molecule has 1 aromatic heterocycles. The largest absolute Gasteiger partial charge is 0.481 e. The Kier molecular flexibility index (Phi) is 4.84. The van der Waals surface area contributed by atoms with Crippen molar-refractivity contribution in [1.82, 2.24) is 15.1 Å². The summed E-state index contributed by atoms with van der Waals surface area (Å²) in [6.07, 6.45) is 0.313. The second-order valence-electron chi connectivity index (χ2n) is 7.26. The van der Waals surface area contributed by atoms with Gasteiger partial charge in [-0.1, -0.05) is 26.0 Å². The minimum absolute atomic E-state index is 0.0301. The quantitative estimate of drug-likeness (QED) is 0.926. The van der Waals surface area contributed by atoms with Gasteiger partial charge in [0, 0.05) is 30.8 Å². The number of ether oxygens (including phenoxy) is 1. The van der Waals surface area contributed by atoms with Crippen molar-refractivity contribution >= 4 is 5.91 Å². The number of carbonyl (C=O) groups is 1. The van der Waals surface area contributed by atoms with Crippen molar-refractivity contribution in [2.45, 2.75) is 59.6 Å². The van der Waals surface area contributed by atoms with Gasteiger partial charge in [0.25, 0.3) is 5.91 Å². The molecule has 0 fully saturated rings. The molecule has 0 radical (unpaired) electrons. The lowest BCUT2D eigenvalue weighted by molar-refractivity contribution is -0.138. The Hall–Kier alpha value is -2.30. The minimum Gasteiger partial charge on any atom is -0.481 e. The zero-order valence-electron chi connectivity index (χ0n) is 15.7. The fraction of sp³-hybridized carbons (Fsp3) is 0.500. The molecule has 2 heterocycles. The van der Waals surface area contributed by atoms with E-state index in [1.807, 2.05) is 43.9 Å². The summed E-state index contributed by atoms with van der Waals surface area (Å²) in [4.78, 5) is 14.8. The van der Waals surface area contributed by atoms with Crippen molar-refractivity contribution in [3.63, 3.8) is 0 Å². The molecule has 5 nitrogen and oxygen atoms in total. The van der Waals surface area contributed by atoms with Crippen LogP contribution in [0.2, 0.25) is 0 Å². The van der Waals surface area contributed by atoms with E-state index in [0.29, 0.717) is 19.0 Å². The number of rotatable bonds is 4. The molecule has 0 aliphatic carbocycles. The number of hydrogen-bond acceptors (Lipinski definition) is 3. The fourth-order valence-corrected chi connectivity index (χ4v) is 3.32. The van der Waals surface area contributed by atoms with Crippen LogP contribution >= 0.6 is 0 Å². The first-order chi connectivity index (χ1) is 11.9. The maximum atomic E-state index is 12.9. The summed E-state index contributed by atoms with van der Waals surface area (Å²) >= 11 is 0. The molecule has 0 saturated carbocycles. The van der Waals surface area contributed by atoms with E-state index in [0.717, 1.165) is 34.7 Å². The summed E-state index contributed by atoms with van der Waals surface area (Å²) in [5, 5.41) is 7.56. The van der Waals surface area contributed by atoms with E-state index in [9.17, 15) is 4.79 Å². The van der Waals surface area contributed by atoms with Gasteiger partial charge < -0.3 is 9.64 Å². The average Bonchev–Trinajstić information content (AvgIpc) is 3.00. The number of benzene rings is 1. The van der Waals surface area contributed by atoms with Gasteiger partial charge in [-0.15, -0.1) is 0 Å². The zero-order chi connectivity index (χ0) is 18.1. The molecule has 2 aromatic rings. The molecular weight excluding hydrogens is 314 g/mol. The summed E-state index contributed by atoms with van der Waals surface area (Å²) in [5.74, 6) is 1.16. The first-order valence-corrected chi connectivity index (χ1v) is 8.95. The molecule has 1 aliphatic rings. The highest BCUT2D eigenvalue weighted by Crippen LogP contribution is 2.26. The number of fused-ring (bicyclic) bond motifs is 1. The predicted molar refractivity (Wildman–Crippen MR) is 97.8 cm³/mol. The summed E-state index contributed by atoms with van der Waals surface area (Å²) < 4.78 is 5.97. The number of carbonyl (C=O) groups excluding carboxylic acids is 1. The fourth-order valence-electron chi connectivity index (χ4n) is 3.32. The second kappa shape index (κ2) is 6.90. The molecule has 25 heavy (non-hydrogen) atoms. The van der Waals surface area contributed by atoms with Crippen molar-refractivity contribution in [2.75, 3.05) is 6.54 Å². The lowest BCUT2D eigenvalue weighted by atomic mass is 9.99. The number of H-pyrrole nitrogens is 1. The van der Waals surface area contributed by atoms with Gasteiger partial charge in [0.1, 0.15) is 5.75 Å². The van der Waals surface area contributed by atoms with Gasteiger partial charge in [0.15, 0.2) is 6.10 Å². The van der Waals surface area contributed by atoms with Crippen LogP contribution in [0.5, 0.6) is 5.75 Å². The summed E-state index contributed by atoms with van der Waals surface area (Å²) in [5.41, 5.74) is 5.57. The van der Waals surface area contributed by atoms with Crippen LogP contribution in [0.15, 0.2) is 18.2 Å². The van der Waals surface area contributed by atoms with E-state index in [-0.39, 0.29) is 5.91 Å². The van der Waals surface area contributed by atoms with E-state index in [2.05, 4.69) is 24.0 Å². The van der Waals surface area contributed by atoms with Crippen LogP contribution in [0, 0.1) is 13.8 Å². The van der Waals surface area contributed by atoms with E-state index < -0.39 is 6.10 Å². The Morgan fingerprint density at radius 3 is 2.76 bits per heavy atom. The molecular formula is C20H27N3O2. The van der Waals surface area contributed by atoms with E-state index in [4.69, 9.17) is 4.74 Å². The molecule has 5 heteroatoms. The Balaban J connectivity index is 1.72. The monoisotopic (exact) mass is 341 g/mol. The predicted octanol–water partition coefficient (Wildman–Crippen LogP) is 3.50. The summed E-state index contributed by atoms with van der Waals surface area (Å²) in [6.45, 7) is 11.4. The standard InChI is InChI=1S/C20H27N3O2/c1-12(2)19-16-11-23(9-8-17(16)21-22-19)20(24)15(5)25-18-10-13(3)6-7-14(18)4/h6-7,10,12,15H,8-9,11H2,1-5H3,(H,21,22). The lowest BCUT2D eigenvalue weighted by Crippen LogP contribution is -2.43. The van der Waals surface area contributed by atoms with Crippen LogP contribution in [0.25, 0.3) is 0 Å². The number of aromatic nitrogens is 2. The van der Waals surface area contributed by atoms with Crippen LogP contribution < -0.4 is 4.74 Å². The van der Waals surface area contributed by atoms with Crippen molar-refractivity contribution in [2.24, 2.45) is 0 Å². The van der Waals surface area contributed by atoms with Crippen LogP contribution in [-0.4, -0.2) is 33.7 Å². The van der Waals surface area contributed by atoms with Gasteiger partial charge in [-0.2, -0.15) is 5.10 Å². The zero-order valence-corrected chi connectivity index (χ0v) is 15.7. The van der Waals surface area contributed by atoms with Gasteiger partial charge in [-0.25, -0.2) is 0 Å². The third-order valence-corrected chi connectivity index (χ3v) is 4.82. The maximum Gasteiger partial charge on any atom is 0.263 e. The Labute approximate surface area is 149 Å². The topological polar surface area (TPSA) is 58.2 Å². The Morgan fingerprint density at radius 1 is 1.28 bits per heavy atom. The van der Waals surface area contributed by atoms with E-state index in [1.165, 1.54) is 5.56 Å². The van der Waals surface area contributed by atoms with Crippen LogP contribution in [-0.2, 0) is 17.8 Å². The second-order valence-corrected chi connectivity index (χ2v) is 7.26. The number of hydrogen-bond donors (Lipinski definition) is 1. The first kappa shape index (κ1) is 17.5. The molecule has 3 rings (SSSR count). The number of amides is 1. The van der Waals surface area contributed by atoms with Crippen molar-refractivity contribution in [1.29, 1.82) is 0 Å². The van der Waals surface area contributed by atoms with Crippen molar-refractivity contribution < 1.29 is 9.53 Å². The number of nitrogens with zero attached hydrogens (tertiary/aromatic N) is 2. The Morgan fingerprint density at radius 2 is 2.04 bits per heavy atom. The van der Waals surface area contributed by atoms with Crippen molar-refractivity contribution in [3.05, 3.63) is 46.3 Å². The lowest BCUT2D eigenvalue weighted by Gasteiger charge is -2.30. The maximum absolute atomic E-state index is 12.9. The van der Waals surface area contributed by atoms with Crippen LogP contribution in [0.4, 0.5) is 0 Å². The van der Waals surface area contributed by atoms with Crippen molar-refractivity contribution in [3.8, 4) is 5.75 Å². The molecule has 0 bridgehead atoms. The first-order valence-electron chi connectivity index (χ1n) is 8.95. The van der Waals surface area contributed by atoms with E-state index in [1.54, 1.807) is 0 Å². The highest BCUT2D eigenvalue weighted by molar-refractivity contribution is 5.81. The normalized spacial score (nSPS) is 15.2. The SMILES string of the molecule is Cc1ccc(C)c(OC(C)C(=O)N2CCc3[nH]nc(C(C)C)c3C2)c1. The third-order valence-electron chi connectivity index (χ3n) is 4.82. The third kappa shape index (κ3) is 3.55. The Bertz CT molecular complexity index is 779. The molecule has 1 unspecified atom stereocenters. The van der Waals surface area contributed by atoms with Crippen LogP contribution in [0.3, 0.4) is 0 Å². The molecule has 1 amide bonds. The van der Waals surface area contributed by atoms with Crippen LogP contribution in [0.1, 0.15) is 54.8 Å². The number of aromatic amines is 1. The van der Waals surface area contributed by atoms with Gasteiger partial charge in [0.05, 0.1) is 5.69 Å². The van der Waals surface area contributed by atoms with E-state index >= 15 is 0 Å². The van der Waals surface area contributed by atoms with Gasteiger partial charge in [-0.3, -0.25) is 9.89 Å². The highest BCUT2D eigenvalue weighted by Gasteiger charge is 2.29. The summed E-state index contributed by atoms with van der Waals surface area (Å²) in [6, 6.07) is 6.06. The molecule has 1 aromatic carbocycles. The van der Waals surface area contributed by atoms with Gasteiger partial charge >= 0.3 is 0 Å². The molecule has 0 spiro atoms. The number of aryl methyl sites for hydroxylation is 2. The molecule has 1 atom stereocenters. The van der Waals surface area contributed by atoms with Gasteiger partial charge in [0.2, 0.25) is 0 Å². The molecule has 1 aliphatic heterocycles. The minimum atomic E-state index is -0.503. The molecule has 0 saturated heterocycles. The number of nitrogens with one attached hydrogen (secondary N) is 1. The molecule has 134 valence electrons. The molecule has 1 N–H and O–H groups in total. The van der Waals surface area contributed by atoms with Gasteiger partial charge in [-0.05, 0) is 43.9 Å².